The molecule has 1 amide bonds. The summed E-state index contributed by atoms with van der Waals surface area (Å²) in [5, 5.41) is 11.6. The van der Waals surface area contributed by atoms with Gasteiger partial charge in [0.25, 0.3) is 0 Å². The standard InChI is InChI=1S/C18H23N5O2/c24-17(19-11-15-7-4-10-25-15)13-22-8-9-23-16(12-22)20-21-18(23)14-5-2-1-3-6-14/h1-3,5-6,15H,4,7-13H2,(H,19,24). The molecule has 0 bridgehead atoms. The number of amides is 1. The molecule has 1 atom stereocenters. The van der Waals surface area contributed by atoms with E-state index in [9.17, 15) is 4.79 Å². The molecule has 1 aromatic heterocycles. The molecule has 1 N–H and O–H groups in total. The van der Waals surface area contributed by atoms with E-state index in [0.717, 1.165) is 49.8 Å². The summed E-state index contributed by atoms with van der Waals surface area (Å²) in [4.78, 5) is 14.3. The molecule has 1 fully saturated rings. The van der Waals surface area contributed by atoms with Crippen LogP contribution in [0.2, 0.25) is 0 Å². The van der Waals surface area contributed by atoms with Crippen molar-refractivity contribution >= 4 is 5.91 Å². The molecule has 0 saturated carbocycles. The van der Waals surface area contributed by atoms with Crippen LogP contribution < -0.4 is 5.32 Å². The molecular formula is C18H23N5O2. The molecule has 4 rings (SSSR count). The number of nitrogens with one attached hydrogen (secondary N) is 1. The third kappa shape index (κ3) is 3.72. The first-order valence-corrected chi connectivity index (χ1v) is 8.88. The van der Waals surface area contributed by atoms with E-state index in [1.54, 1.807) is 0 Å². The monoisotopic (exact) mass is 341 g/mol. The summed E-state index contributed by atoms with van der Waals surface area (Å²) in [6.45, 7) is 4.07. The highest BCUT2D eigenvalue weighted by atomic mass is 16.5. The Labute approximate surface area is 147 Å². The Hall–Kier alpha value is -2.25. The van der Waals surface area contributed by atoms with Crippen molar-refractivity contribution in [2.45, 2.75) is 32.0 Å². The van der Waals surface area contributed by atoms with Gasteiger partial charge >= 0.3 is 0 Å². The van der Waals surface area contributed by atoms with Gasteiger partial charge < -0.3 is 14.6 Å². The average molecular weight is 341 g/mol. The number of hydrogen-bond donors (Lipinski definition) is 1. The molecule has 132 valence electrons. The molecule has 7 nitrogen and oxygen atoms in total. The highest BCUT2D eigenvalue weighted by molar-refractivity contribution is 5.78. The summed E-state index contributed by atoms with van der Waals surface area (Å²) >= 11 is 0. The van der Waals surface area contributed by atoms with Crippen molar-refractivity contribution in [3.05, 3.63) is 36.2 Å². The molecule has 0 spiro atoms. The fraction of sp³-hybridized carbons (Fsp3) is 0.500. The number of hydrogen-bond acceptors (Lipinski definition) is 5. The van der Waals surface area contributed by atoms with E-state index in [2.05, 4.69) is 25.0 Å². The highest BCUT2D eigenvalue weighted by Gasteiger charge is 2.23. The predicted molar refractivity (Wildman–Crippen MR) is 92.7 cm³/mol. The van der Waals surface area contributed by atoms with E-state index < -0.39 is 0 Å². The number of fused-ring (bicyclic) bond motifs is 1. The van der Waals surface area contributed by atoms with E-state index >= 15 is 0 Å². The molecule has 7 heteroatoms. The van der Waals surface area contributed by atoms with Gasteiger partial charge in [-0.2, -0.15) is 0 Å². The van der Waals surface area contributed by atoms with Crippen molar-refractivity contribution in [1.29, 1.82) is 0 Å². The first-order valence-electron chi connectivity index (χ1n) is 8.88. The Morgan fingerprint density at radius 1 is 1.24 bits per heavy atom. The summed E-state index contributed by atoms with van der Waals surface area (Å²) < 4.78 is 7.68. The summed E-state index contributed by atoms with van der Waals surface area (Å²) in [6, 6.07) is 10.1. The molecule has 1 saturated heterocycles. The number of benzene rings is 1. The van der Waals surface area contributed by atoms with Crippen molar-refractivity contribution in [3.63, 3.8) is 0 Å². The van der Waals surface area contributed by atoms with Gasteiger partial charge in [0.05, 0.1) is 19.2 Å². The Morgan fingerprint density at radius 3 is 2.92 bits per heavy atom. The number of carbonyl (C=O) groups is 1. The normalized spacial score (nSPS) is 20.4. The molecule has 25 heavy (non-hydrogen) atoms. The first kappa shape index (κ1) is 16.2. The van der Waals surface area contributed by atoms with E-state index in [0.29, 0.717) is 19.6 Å². The minimum atomic E-state index is 0.0479. The quantitative estimate of drug-likeness (QED) is 0.880. The largest absolute Gasteiger partial charge is 0.376 e. The van der Waals surface area contributed by atoms with Crippen LogP contribution in [0.3, 0.4) is 0 Å². The second-order valence-corrected chi connectivity index (χ2v) is 6.61. The van der Waals surface area contributed by atoms with Crippen LogP contribution in [-0.2, 0) is 22.6 Å². The summed E-state index contributed by atoms with van der Waals surface area (Å²) in [5.41, 5.74) is 1.07. The number of ether oxygens (including phenoxy) is 1. The minimum absolute atomic E-state index is 0.0479. The predicted octanol–water partition coefficient (Wildman–Crippen LogP) is 1.06. The van der Waals surface area contributed by atoms with Gasteiger partial charge in [0.15, 0.2) is 5.82 Å². The van der Waals surface area contributed by atoms with Crippen LogP contribution in [0, 0.1) is 0 Å². The molecule has 2 aliphatic rings. The van der Waals surface area contributed by atoms with Gasteiger partial charge in [0, 0.05) is 31.8 Å². The number of carbonyl (C=O) groups excluding carboxylic acids is 1. The zero-order valence-corrected chi connectivity index (χ0v) is 14.2. The van der Waals surface area contributed by atoms with E-state index in [1.165, 1.54) is 0 Å². The van der Waals surface area contributed by atoms with Crippen LogP contribution >= 0.6 is 0 Å². The molecule has 2 aliphatic heterocycles. The van der Waals surface area contributed by atoms with Crippen LogP contribution in [-0.4, -0.2) is 57.9 Å². The fourth-order valence-corrected chi connectivity index (χ4v) is 3.44. The number of nitrogens with zero attached hydrogens (tertiary/aromatic N) is 4. The Bertz CT molecular complexity index is 724. The second kappa shape index (κ2) is 7.33. The minimum Gasteiger partial charge on any atom is -0.376 e. The van der Waals surface area contributed by atoms with Crippen molar-refractivity contribution in [2.75, 3.05) is 26.2 Å². The Morgan fingerprint density at radius 2 is 2.12 bits per heavy atom. The lowest BCUT2D eigenvalue weighted by Crippen LogP contribution is -2.43. The van der Waals surface area contributed by atoms with Crippen LogP contribution in [0.25, 0.3) is 11.4 Å². The topological polar surface area (TPSA) is 72.3 Å². The van der Waals surface area contributed by atoms with Gasteiger partial charge in [0.2, 0.25) is 5.91 Å². The van der Waals surface area contributed by atoms with Gasteiger partial charge in [-0.25, -0.2) is 0 Å². The van der Waals surface area contributed by atoms with Crippen LogP contribution in [0.1, 0.15) is 18.7 Å². The van der Waals surface area contributed by atoms with E-state index in [1.807, 2.05) is 30.3 Å². The van der Waals surface area contributed by atoms with Crippen LogP contribution in [0.15, 0.2) is 30.3 Å². The van der Waals surface area contributed by atoms with Crippen molar-refractivity contribution < 1.29 is 9.53 Å². The number of aromatic nitrogens is 3. The van der Waals surface area contributed by atoms with Crippen molar-refractivity contribution in [1.82, 2.24) is 25.0 Å². The zero-order chi connectivity index (χ0) is 17.1. The van der Waals surface area contributed by atoms with Gasteiger partial charge in [0.1, 0.15) is 5.82 Å². The first-order chi connectivity index (χ1) is 12.3. The van der Waals surface area contributed by atoms with Gasteiger partial charge in [-0.1, -0.05) is 30.3 Å². The SMILES string of the molecule is O=C(CN1CCn2c(nnc2-c2ccccc2)C1)NCC1CCCO1. The molecule has 0 radical (unpaired) electrons. The van der Waals surface area contributed by atoms with Crippen LogP contribution in [0.4, 0.5) is 0 Å². The molecule has 1 aromatic carbocycles. The van der Waals surface area contributed by atoms with E-state index in [-0.39, 0.29) is 12.0 Å². The molecule has 0 aliphatic carbocycles. The maximum atomic E-state index is 12.2. The van der Waals surface area contributed by atoms with Gasteiger partial charge in [-0.15, -0.1) is 10.2 Å². The number of rotatable bonds is 5. The maximum absolute atomic E-state index is 12.2. The maximum Gasteiger partial charge on any atom is 0.234 e. The fourth-order valence-electron chi connectivity index (χ4n) is 3.44. The molecular weight excluding hydrogens is 318 g/mol. The smallest absolute Gasteiger partial charge is 0.234 e. The molecule has 2 aromatic rings. The molecule has 1 unspecified atom stereocenters. The summed E-state index contributed by atoms with van der Waals surface area (Å²) in [6.07, 6.45) is 2.31. The highest BCUT2D eigenvalue weighted by Crippen LogP contribution is 2.21. The lowest BCUT2D eigenvalue weighted by Gasteiger charge is -2.27. The average Bonchev–Trinajstić information content (AvgIpc) is 3.30. The van der Waals surface area contributed by atoms with Gasteiger partial charge in [-0.05, 0) is 12.8 Å². The van der Waals surface area contributed by atoms with Crippen molar-refractivity contribution in [3.8, 4) is 11.4 Å². The second-order valence-electron chi connectivity index (χ2n) is 6.61. The summed E-state index contributed by atoms with van der Waals surface area (Å²) in [5.74, 6) is 1.86. The Kier molecular flexibility index (Phi) is 4.76. The van der Waals surface area contributed by atoms with Crippen molar-refractivity contribution in [2.24, 2.45) is 0 Å². The third-order valence-corrected chi connectivity index (χ3v) is 4.78. The third-order valence-electron chi connectivity index (χ3n) is 4.78. The zero-order valence-electron chi connectivity index (χ0n) is 14.2. The lowest BCUT2D eigenvalue weighted by atomic mass is 10.2. The van der Waals surface area contributed by atoms with Crippen LogP contribution in [0.5, 0.6) is 0 Å². The lowest BCUT2D eigenvalue weighted by molar-refractivity contribution is -0.123. The molecule has 3 heterocycles. The summed E-state index contributed by atoms with van der Waals surface area (Å²) in [7, 11) is 0. The Balaban J connectivity index is 1.34. The van der Waals surface area contributed by atoms with Gasteiger partial charge in [-0.3, -0.25) is 9.69 Å². The van der Waals surface area contributed by atoms with E-state index in [4.69, 9.17) is 4.74 Å².